The molecule has 1 atom stereocenters. The van der Waals surface area contributed by atoms with Crippen LogP contribution in [-0.2, 0) is 9.59 Å². The molecule has 1 aromatic rings. The van der Waals surface area contributed by atoms with Crippen LogP contribution in [0.5, 0.6) is 0 Å². The lowest BCUT2D eigenvalue weighted by atomic mass is 10.2. The molecule has 0 heterocycles. The molecule has 0 aliphatic carbocycles. The van der Waals surface area contributed by atoms with Gasteiger partial charge in [-0.2, -0.15) is 0 Å². The van der Waals surface area contributed by atoms with E-state index >= 15 is 0 Å². The summed E-state index contributed by atoms with van der Waals surface area (Å²) in [5, 5.41) is 5.30. The lowest BCUT2D eigenvalue weighted by Crippen LogP contribution is -2.33. The van der Waals surface area contributed by atoms with E-state index in [2.05, 4.69) is 26.6 Å². The van der Waals surface area contributed by atoms with Gasteiger partial charge >= 0.3 is 0 Å². The lowest BCUT2D eigenvalue weighted by molar-refractivity contribution is -0.124. The van der Waals surface area contributed by atoms with Crippen molar-refractivity contribution >= 4 is 33.4 Å². The summed E-state index contributed by atoms with van der Waals surface area (Å²) in [6.07, 6.45) is 0.946. The first-order valence-corrected chi connectivity index (χ1v) is 7.26. The Kier molecular flexibility index (Phi) is 6.67. The van der Waals surface area contributed by atoms with Crippen LogP contribution in [0.4, 0.5) is 5.69 Å². The Morgan fingerprint density at radius 3 is 2.65 bits per heavy atom. The molecule has 0 aliphatic rings. The second-order valence-electron chi connectivity index (χ2n) is 4.80. The Hall–Kier alpha value is -1.40. The van der Waals surface area contributed by atoms with Gasteiger partial charge in [0.05, 0.1) is 6.54 Å². The quantitative estimate of drug-likeness (QED) is 0.739. The zero-order valence-electron chi connectivity index (χ0n) is 11.7. The average molecular weight is 342 g/mol. The Labute approximate surface area is 127 Å². The monoisotopic (exact) mass is 341 g/mol. The smallest absolute Gasteiger partial charge is 0.243 e. The topological polar surface area (TPSA) is 84.2 Å². The number of hydrogen-bond donors (Lipinski definition) is 3. The molecule has 0 spiro atoms. The fourth-order valence-electron chi connectivity index (χ4n) is 1.55. The molecule has 1 unspecified atom stereocenters. The molecule has 2 amide bonds. The van der Waals surface area contributed by atoms with Crippen molar-refractivity contribution in [2.24, 2.45) is 5.73 Å². The van der Waals surface area contributed by atoms with E-state index in [1.54, 1.807) is 6.07 Å². The van der Waals surface area contributed by atoms with Gasteiger partial charge in [0.15, 0.2) is 0 Å². The summed E-state index contributed by atoms with van der Waals surface area (Å²) in [5.74, 6) is -0.412. The number of anilines is 1. The molecule has 0 saturated heterocycles. The van der Waals surface area contributed by atoms with E-state index < -0.39 is 0 Å². The maximum absolute atomic E-state index is 11.7. The Morgan fingerprint density at radius 2 is 2.05 bits per heavy atom. The first-order valence-electron chi connectivity index (χ1n) is 6.46. The van der Waals surface area contributed by atoms with Crippen LogP contribution in [0.15, 0.2) is 22.7 Å². The first-order chi connectivity index (χ1) is 9.38. The fraction of sp³-hybridized carbons (Fsp3) is 0.429. The number of carbonyl (C=O) groups is 2. The number of aryl methyl sites for hydroxylation is 1. The molecule has 1 rings (SSSR count). The molecular formula is C14H20BrN3O2. The standard InChI is InChI=1S/C14H20BrN3O2/c1-9-7-11(4-5-12(9)15)18-14(20)8-17-13(19)6-3-10(2)16/h4-5,7,10H,3,6,8,16H2,1-2H3,(H,17,19)(H,18,20). The van der Waals surface area contributed by atoms with Crippen LogP contribution in [0.3, 0.4) is 0 Å². The number of rotatable bonds is 6. The Balaban J connectivity index is 2.36. The van der Waals surface area contributed by atoms with Crippen LogP contribution in [0.25, 0.3) is 0 Å². The molecule has 20 heavy (non-hydrogen) atoms. The molecule has 1 aromatic carbocycles. The van der Waals surface area contributed by atoms with Crippen molar-refractivity contribution in [3.63, 3.8) is 0 Å². The Morgan fingerprint density at radius 1 is 1.35 bits per heavy atom. The van der Waals surface area contributed by atoms with E-state index in [9.17, 15) is 9.59 Å². The average Bonchev–Trinajstić information content (AvgIpc) is 2.38. The molecule has 0 bridgehead atoms. The summed E-state index contributed by atoms with van der Waals surface area (Å²) >= 11 is 3.39. The number of hydrogen-bond acceptors (Lipinski definition) is 3. The molecule has 6 heteroatoms. The van der Waals surface area contributed by atoms with Crippen molar-refractivity contribution in [3.05, 3.63) is 28.2 Å². The van der Waals surface area contributed by atoms with Crippen LogP contribution >= 0.6 is 15.9 Å². The molecule has 4 N–H and O–H groups in total. The van der Waals surface area contributed by atoms with Gasteiger partial charge in [-0.15, -0.1) is 0 Å². The van der Waals surface area contributed by atoms with Gasteiger partial charge in [0.1, 0.15) is 0 Å². The third-order valence-corrected chi connectivity index (χ3v) is 3.60. The molecule has 5 nitrogen and oxygen atoms in total. The van der Waals surface area contributed by atoms with Gasteiger partial charge in [-0.25, -0.2) is 0 Å². The molecule has 0 aliphatic heterocycles. The van der Waals surface area contributed by atoms with Gasteiger partial charge in [-0.3, -0.25) is 9.59 Å². The Bertz CT molecular complexity index is 489. The number of nitrogens with two attached hydrogens (primary N) is 1. The molecular weight excluding hydrogens is 322 g/mol. The highest BCUT2D eigenvalue weighted by Gasteiger charge is 2.07. The molecule has 110 valence electrons. The largest absolute Gasteiger partial charge is 0.347 e. The first kappa shape index (κ1) is 16.7. The number of carbonyl (C=O) groups excluding carboxylic acids is 2. The van der Waals surface area contributed by atoms with Crippen molar-refractivity contribution in [2.75, 3.05) is 11.9 Å². The van der Waals surface area contributed by atoms with E-state index in [0.717, 1.165) is 10.0 Å². The number of amides is 2. The normalized spacial score (nSPS) is 11.8. The van der Waals surface area contributed by atoms with E-state index in [1.807, 2.05) is 26.0 Å². The minimum atomic E-state index is -0.249. The van der Waals surface area contributed by atoms with Crippen molar-refractivity contribution in [2.45, 2.75) is 32.7 Å². The summed E-state index contributed by atoms with van der Waals surface area (Å²) < 4.78 is 0.986. The van der Waals surface area contributed by atoms with E-state index in [4.69, 9.17) is 5.73 Å². The zero-order valence-corrected chi connectivity index (χ0v) is 13.3. The third kappa shape index (κ3) is 6.16. The van der Waals surface area contributed by atoms with Gasteiger partial charge in [0.25, 0.3) is 0 Å². The molecule has 0 fully saturated rings. The van der Waals surface area contributed by atoms with Crippen molar-refractivity contribution in [1.29, 1.82) is 0 Å². The second kappa shape index (κ2) is 8.01. The molecule has 0 saturated carbocycles. The number of benzene rings is 1. The SMILES string of the molecule is Cc1cc(NC(=O)CNC(=O)CCC(C)N)ccc1Br. The number of halogens is 1. The summed E-state index contributed by atoms with van der Waals surface area (Å²) in [6, 6.07) is 5.51. The zero-order chi connectivity index (χ0) is 15.1. The summed E-state index contributed by atoms with van der Waals surface area (Å²) in [4.78, 5) is 23.1. The lowest BCUT2D eigenvalue weighted by Gasteiger charge is -2.09. The summed E-state index contributed by atoms with van der Waals surface area (Å²) in [7, 11) is 0. The molecule has 0 radical (unpaired) electrons. The van der Waals surface area contributed by atoms with Crippen LogP contribution in [0.1, 0.15) is 25.3 Å². The van der Waals surface area contributed by atoms with Crippen molar-refractivity contribution in [1.82, 2.24) is 5.32 Å². The third-order valence-electron chi connectivity index (χ3n) is 2.71. The predicted octanol–water partition coefficient (Wildman–Crippen LogP) is 1.94. The highest BCUT2D eigenvalue weighted by molar-refractivity contribution is 9.10. The second-order valence-corrected chi connectivity index (χ2v) is 5.66. The van der Waals surface area contributed by atoms with Gasteiger partial charge in [0.2, 0.25) is 11.8 Å². The van der Waals surface area contributed by atoms with E-state index in [0.29, 0.717) is 18.5 Å². The highest BCUT2D eigenvalue weighted by Crippen LogP contribution is 2.19. The van der Waals surface area contributed by atoms with Crippen molar-refractivity contribution < 1.29 is 9.59 Å². The van der Waals surface area contributed by atoms with Gasteiger partial charge in [-0.05, 0) is 44.0 Å². The highest BCUT2D eigenvalue weighted by atomic mass is 79.9. The van der Waals surface area contributed by atoms with Gasteiger partial charge in [0, 0.05) is 22.6 Å². The van der Waals surface area contributed by atoms with Crippen LogP contribution < -0.4 is 16.4 Å². The molecule has 0 aromatic heterocycles. The van der Waals surface area contributed by atoms with Gasteiger partial charge < -0.3 is 16.4 Å². The van der Waals surface area contributed by atoms with Crippen LogP contribution in [0.2, 0.25) is 0 Å². The minimum Gasteiger partial charge on any atom is -0.347 e. The van der Waals surface area contributed by atoms with E-state index in [1.165, 1.54) is 0 Å². The van der Waals surface area contributed by atoms with Gasteiger partial charge in [-0.1, -0.05) is 15.9 Å². The summed E-state index contributed by atoms with van der Waals surface area (Å²) in [6.45, 7) is 3.75. The summed E-state index contributed by atoms with van der Waals surface area (Å²) in [5.41, 5.74) is 7.30. The van der Waals surface area contributed by atoms with Crippen LogP contribution in [0, 0.1) is 6.92 Å². The van der Waals surface area contributed by atoms with Crippen LogP contribution in [-0.4, -0.2) is 24.4 Å². The number of nitrogens with one attached hydrogen (secondary N) is 2. The van der Waals surface area contributed by atoms with E-state index in [-0.39, 0.29) is 24.4 Å². The fourth-order valence-corrected chi connectivity index (χ4v) is 1.80. The maximum Gasteiger partial charge on any atom is 0.243 e. The van der Waals surface area contributed by atoms with Crippen molar-refractivity contribution in [3.8, 4) is 0 Å². The minimum absolute atomic E-state index is 0.0136. The maximum atomic E-state index is 11.7. The predicted molar refractivity (Wildman–Crippen MR) is 83.4 cm³/mol.